The minimum Gasteiger partial charge on any atom is -0.409 e. The van der Waals surface area contributed by atoms with E-state index in [1.807, 2.05) is 7.05 Å². The van der Waals surface area contributed by atoms with Crippen LogP contribution in [0.25, 0.3) is 0 Å². The van der Waals surface area contributed by atoms with Gasteiger partial charge in [0.05, 0.1) is 0 Å². The Balaban J connectivity index is 2.04. The first-order valence-electron chi connectivity index (χ1n) is 6.73. The van der Waals surface area contributed by atoms with Crippen molar-refractivity contribution in [1.82, 2.24) is 4.90 Å². The molecule has 0 aromatic carbocycles. The van der Waals surface area contributed by atoms with E-state index in [2.05, 4.69) is 12.1 Å². The van der Waals surface area contributed by atoms with Crippen molar-refractivity contribution >= 4 is 11.7 Å². The maximum Gasteiger partial charge on any atom is 0.236 e. The highest BCUT2D eigenvalue weighted by Crippen LogP contribution is 2.47. The summed E-state index contributed by atoms with van der Waals surface area (Å²) in [5, 5.41) is 12.0. The molecule has 0 unspecified atom stereocenters. The fourth-order valence-corrected chi connectivity index (χ4v) is 3.23. The Morgan fingerprint density at radius 2 is 2.11 bits per heavy atom. The molecule has 0 aliphatic heterocycles. The van der Waals surface area contributed by atoms with E-state index in [0.717, 1.165) is 6.54 Å². The predicted octanol–water partition coefficient (Wildman–Crippen LogP) is 1.41. The van der Waals surface area contributed by atoms with Crippen molar-refractivity contribution in [3.8, 4) is 0 Å². The van der Waals surface area contributed by atoms with E-state index < -0.39 is 5.41 Å². The zero-order valence-corrected chi connectivity index (χ0v) is 11.2. The molecule has 2 saturated carbocycles. The fourth-order valence-electron chi connectivity index (χ4n) is 3.23. The standard InChI is InChI=1S/C13H23N3O2/c1-9-6-13(7-9,11(14)15-18)12(17)16(2)8-10-4-3-5-10/h9-10,18H,3-8H2,1-2H3,(H2,14,15). The number of amidine groups is 1. The Morgan fingerprint density at radius 1 is 1.50 bits per heavy atom. The first-order chi connectivity index (χ1) is 8.49. The second-order valence-electron chi connectivity index (χ2n) is 6.06. The van der Waals surface area contributed by atoms with E-state index in [9.17, 15) is 4.79 Å². The molecule has 5 heteroatoms. The lowest BCUT2D eigenvalue weighted by molar-refractivity contribution is -0.144. The lowest BCUT2D eigenvalue weighted by Crippen LogP contribution is -2.57. The highest BCUT2D eigenvalue weighted by molar-refractivity contribution is 6.07. The van der Waals surface area contributed by atoms with Gasteiger partial charge in [-0.15, -0.1) is 0 Å². The van der Waals surface area contributed by atoms with Gasteiger partial charge in [-0.3, -0.25) is 4.79 Å². The molecule has 2 aliphatic carbocycles. The van der Waals surface area contributed by atoms with Crippen LogP contribution in [0.1, 0.15) is 39.0 Å². The Bertz CT molecular complexity index is 357. The number of rotatable bonds is 4. The molecule has 0 heterocycles. The van der Waals surface area contributed by atoms with E-state index >= 15 is 0 Å². The molecule has 102 valence electrons. The van der Waals surface area contributed by atoms with Crippen LogP contribution in [0.4, 0.5) is 0 Å². The van der Waals surface area contributed by atoms with Crippen molar-refractivity contribution in [2.75, 3.05) is 13.6 Å². The summed E-state index contributed by atoms with van der Waals surface area (Å²) in [6, 6.07) is 0. The Morgan fingerprint density at radius 3 is 2.50 bits per heavy atom. The SMILES string of the molecule is CC1CC(C(=O)N(C)CC2CCC2)(C(N)=NO)C1. The van der Waals surface area contributed by atoms with Crippen molar-refractivity contribution in [3.05, 3.63) is 0 Å². The number of hydrogen-bond donors (Lipinski definition) is 2. The second kappa shape index (κ2) is 4.78. The number of nitrogens with two attached hydrogens (primary N) is 1. The largest absolute Gasteiger partial charge is 0.409 e. The van der Waals surface area contributed by atoms with Gasteiger partial charge in [0.25, 0.3) is 0 Å². The van der Waals surface area contributed by atoms with E-state index in [1.165, 1.54) is 19.3 Å². The quantitative estimate of drug-likeness (QED) is 0.344. The van der Waals surface area contributed by atoms with E-state index in [-0.39, 0.29) is 11.7 Å². The molecule has 5 nitrogen and oxygen atoms in total. The van der Waals surface area contributed by atoms with Crippen LogP contribution >= 0.6 is 0 Å². The van der Waals surface area contributed by atoms with Crippen LogP contribution in [0.15, 0.2) is 5.16 Å². The summed E-state index contributed by atoms with van der Waals surface area (Å²) in [6.45, 7) is 2.88. The van der Waals surface area contributed by atoms with Gasteiger partial charge in [0.2, 0.25) is 5.91 Å². The number of hydrogen-bond acceptors (Lipinski definition) is 3. The summed E-state index contributed by atoms with van der Waals surface area (Å²) in [5.74, 6) is 1.20. The van der Waals surface area contributed by atoms with Crippen molar-refractivity contribution in [2.45, 2.75) is 39.0 Å². The van der Waals surface area contributed by atoms with Crippen molar-refractivity contribution < 1.29 is 10.0 Å². The minimum atomic E-state index is -0.743. The molecule has 0 saturated heterocycles. The average Bonchev–Trinajstić information content (AvgIpc) is 2.27. The van der Waals surface area contributed by atoms with Gasteiger partial charge in [-0.1, -0.05) is 18.5 Å². The maximum atomic E-state index is 12.5. The van der Waals surface area contributed by atoms with Crippen LogP contribution in [-0.2, 0) is 4.79 Å². The van der Waals surface area contributed by atoms with Gasteiger partial charge in [0, 0.05) is 13.6 Å². The zero-order valence-electron chi connectivity index (χ0n) is 11.2. The molecule has 2 fully saturated rings. The number of amides is 1. The van der Waals surface area contributed by atoms with Gasteiger partial charge in [-0.25, -0.2) is 0 Å². The topological polar surface area (TPSA) is 78.9 Å². The van der Waals surface area contributed by atoms with Gasteiger partial charge >= 0.3 is 0 Å². The zero-order chi connectivity index (χ0) is 13.3. The summed E-state index contributed by atoms with van der Waals surface area (Å²) >= 11 is 0. The summed E-state index contributed by atoms with van der Waals surface area (Å²) in [4.78, 5) is 14.3. The number of carbonyl (C=O) groups excluding carboxylic acids is 1. The lowest BCUT2D eigenvalue weighted by Gasteiger charge is -2.46. The molecule has 1 amide bonds. The average molecular weight is 253 g/mol. The number of oxime groups is 1. The summed E-state index contributed by atoms with van der Waals surface area (Å²) in [7, 11) is 1.83. The summed E-state index contributed by atoms with van der Waals surface area (Å²) < 4.78 is 0. The van der Waals surface area contributed by atoms with Gasteiger partial charge in [0.1, 0.15) is 5.41 Å². The van der Waals surface area contributed by atoms with Crippen LogP contribution < -0.4 is 5.73 Å². The third kappa shape index (κ3) is 2.06. The van der Waals surface area contributed by atoms with E-state index in [4.69, 9.17) is 10.9 Å². The maximum absolute atomic E-state index is 12.5. The van der Waals surface area contributed by atoms with Crippen LogP contribution in [-0.4, -0.2) is 35.4 Å². The van der Waals surface area contributed by atoms with Gasteiger partial charge in [0.15, 0.2) is 5.84 Å². The Hall–Kier alpha value is -1.26. The third-order valence-electron chi connectivity index (χ3n) is 4.50. The first-order valence-corrected chi connectivity index (χ1v) is 6.73. The monoisotopic (exact) mass is 253 g/mol. The summed E-state index contributed by atoms with van der Waals surface area (Å²) in [5.41, 5.74) is 5.00. The van der Waals surface area contributed by atoms with Gasteiger partial charge in [-0.2, -0.15) is 0 Å². The molecule has 0 spiro atoms. The minimum absolute atomic E-state index is 0.0165. The molecule has 0 atom stereocenters. The van der Waals surface area contributed by atoms with Crippen LogP contribution in [0.5, 0.6) is 0 Å². The van der Waals surface area contributed by atoms with Gasteiger partial charge < -0.3 is 15.8 Å². The molecule has 0 aromatic rings. The first kappa shape index (κ1) is 13.2. The summed E-state index contributed by atoms with van der Waals surface area (Å²) in [6.07, 6.45) is 5.08. The van der Waals surface area contributed by atoms with Crippen LogP contribution in [0.3, 0.4) is 0 Å². The number of carbonyl (C=O) groups is 1. The predicted molar refractivity (Wildman–Crippen MR) is 69.2 cm³/mol. The Labute approximate surface area is 108 Å². The smallest absolute Gasteiger partial charge is 0.236 e. The van der Waals surface area contributed by atoms with Crippen molar-refractivity contribution in [1.29, 1.82) is 0 Å². The van der Waals surface area contributed by atoms with E-state index in [0.29, 0.717) is 24.7 Å². The normalized spacial score (nSPS) is 32.6. The van der Waals surface area contributed by atoms with Gasteiger partial charge in [-0.05, 0) is 37.5 Å². The fraction of sp³-hybridized carbons (Fsp3) is 0.846. The molecule has 3 N–H and O–H groups in total. The van der Waals surface area contributed by atoms with Crippen LogP contribution in [0, 0.1) is 17.3 Å². The van der Waals surface area contributed by atoms with Crippen molar-refractivity contribution in [2.24, 2.45) is 28.1 Å². The van der Waals surface area contributed by atoms with Crippen molar-refractivity contribution in [3.63, 3.8) is 0 Å². The number of nitrogens with zero attached hydrogens (tertiary/aromatic N) is 2. The second-order valence-corrected chi connectivity index (χ2v) is 6.06. The van der Waals surface area contributed by atoms with Crippen LogP contribution in [0.2, 0.25) is 0 Å². The molecule has 0 aromatic heterocycles. The lowest BCUT2D eigenvalue weighted by atomic mass is 9.61. The highest BCUT2D eigenvalue weighted by Gasteiger charge is 2.53. The molecule has 0 radical (unpaired) electrons. The molecule has 2 aliphatic rings. The molecular weight excluding hydrogens is 230 g/mol. The molecular formula is C13H23N3O2. The molecule has 2 rings (SSSR count). The molecule has 0 bridgehead atoms. The Kier molecular flexibility index (Phi) is 3.50. The highest BCUT2D eigenvalue weighted by atomic mass is 16.4. The molecule has 18 heavy (non-hydrogen) atoms. The van der Waals surface area contributed by atoms with E-state index in [1.54, 1.807) is 4.90 Å². The third-order valence-corrected chi connectivity index (χ3v) is 4.50.